The third-order valence-electron chi connectivity index (χ3n) is 6.27. The second-order valence-corrected chi connectivity index (χ2v) is 11.6. The highest BCUT2D eigenvalue weighted by Gasteiger charge is 2.34. The van der Waals surface area contributed by atoms with E-state index in [2.05, 4.69) is 5.32 Å². The second kappa shape index (κ2) is 14.4. The first-order valence-corrected chi connectivity index (χ1v) is 15.1. The van der Waals surface area contributed by atoms with Crippen LogP contribution in [0, 0.1) is 0 Å². The monoisotopic (exact) mass is 605 g/mol. The highest BCUT2D eigenvalue weighted by molar-refractivity contribution is 7.92. The zero-order valence-electron chi connectivity index (χ0n) is 22.6. The topological polar surface area (TPSA) is 96.0 Å². The normalized spacial score (nSPS) is 11.9. The molecule has 1 N–H and O–H groups in total. The number of nitrogens with one attached hydrogen (secondary N) is 1. The SMILES string of the molecule is CCCNC(=O)[C@@H](CC)N(Cc1ccccc1Cl)C(=O)CN(c1ccc(OC)c(Cl)c1)S(=O)(=O)c1ccccc1. The van der Waals surface area contributed by atoms with Gasteiger partial charge < -0.3 is 15.0 Å². The van der Waals surface area contributed by atoms with Gasteiger partial charge in [-0.15, -0.1) is 0 Å². The summed E-state index contributed by atoms with van der Waals surface area (Å²) in [5, 5.41) is 3.46. The summed E-state index contributed by atoms with van der Waals surface area (Å²) < 4.78 is 33.9. The Morgan fingerprint density at radius 3 is 2.23 bits per heavy atom. The third kappa shape index (κ3) is 7.47. The molecule has 0 spiro atoms. The number of anilines is 1. The van der Waals surface area contributed by atoms with Gasteiger partial charge in [-0.3, -0.25) is 13.9 Å². The van der Waals surface area contributed by atoms with Crippen LogP contribution in [0.5, 0.6) is 5.75 Å². The van der Waals surface area contributed by atoms with Crippen LogP contribution in [0.1, 0.15) is 32.3 Å². The molecule has 3 aromatic carbocycles. The Kier molecular flexibility index (Phi) is 11.2. The van der Waals surface area contributed by atoms with Crippen LogP contribution in [-0.4, -0.2) is 51.4 Å². The van der Waals surface area contributed by atoms with Crippen LogP contribution in [0.2, 0.25) is 10.0 Å². The Hall–Kier alpha value is -3.27. The number of halogens is 2. The number of hydrogen-bond donors (Lipinski definition) is 1. The largest absolute Gasteiger partial charge is 0.495 e. The van der Waals surface area contributed by atoms with Crippen molar-refractivity contribution in [3.63, 3.8) is 0 Å². The first-order valence-electron chi connectivity index (χ1n) is 12.9. The lowest BCUT2D eigenvalue weighted by atomic mass is 10.1. The summed E-state index contributed by atoms with van der Waals surface area (Å²) >= 11 is 12.8. The van der Waals surface area contributed by atoms with Gasteiger partial charge in [0.15, 0.2) is 0 Å². The number of ether oxygens (including phenoxy) is 1. The molecule has 3 rings (SSSR count). The number of methoxy groups -OCH3 is 1. The maximum atomic E-state index is 14.0. The standard InChI is InChI=1S/C29H33Cl2N3O5S/c1-4-17-32-29(36)26(5-2)33(19-21-11-9-10-14-24(21)30)28(35)20-34(22-15-16-27(39-3)25(31)18-22)40(37,38)23-12-7-6-8-13-23/h6-16,18,26H,4-5,17,19-20H2,1-3H3,(H,32,36)/t26-/m1/s1. The van der Waals surface area contributed by atoms with E-state index >= 15 is 0 Å². The first-order chi connectivity index (χ1) is 19.1. The fourth-order valence-corrected chi connectivity index (χ4v) is 6.03. The number of sulfonamides is 1. The predicted molar refractivity (Wildman–Crippen MR) is 158 cm³/mol. The van der Waals surface area contributed by atoms with E-state index in [4.69, 9.17) is 27.9 Å². The van der Waals surface area contributed by atoms with E-state index in [0.29, 0.717) is 29.3 Å². The van der Waals surface area contributed by atoms with Crippen LogP contribution in [0.3, 0.4) is 0 Å². The van der Waals surface area contributed by atoms with Gasteiger partial charge in [0, 0.05) is 18.1 Å². The van der Waals surface area contributed by atoms with E-state index in [1.54, 1.807) is 49.4 Å². The van der Waals surface area contributed by atoms with Crippen molar-refractivity contribution in [2.45, 2.75) is 44.2 Å². The Balaban J connectivity index is 2.08. The fourth-order valence-electron chi connectivity index (χ4n) is 4.15. The number of carbonyl (C=O) groups excluding carboxylic acids is 2. The highest BCUT2D eigenvalue weighted by Crippen LogP contribution is 2.32. The molecule has 3 aromatic rings. The number of carbonyl (C=O) groups is 2. The molecule has 2 amide bonds. The fraction of sp³-hybridized carbons (Fsp3) is 0.310. The molecule has 0 heterocycles. The van der Waals surface area contributed by atoms with E-state index in [-0.39, 0.29) is 28.1 Å². The molecule has 0 aliphatic rings. The van der Waals surface area contributed by atoms with Crippen molar-refractivity contribution >= 4 is 50.7 Å². The average Bonchev–Trinajstić information content (AvgIpc) is 2.95. The molecule has 0 saturated heterocycles. The van der Waals surface area contributed by atoms with E-state index in [0.717, 1.165) is 10.7 Å². The van der Waals surface area contributed by atoms with Crippen molar-refractivity contribution in [1.82, 2.24) is 10.2 Å². The minimum atomic E-state index is -4.21. The molecule has 0 fully saturated rings. The molecule has 0 aliphatic carbocycles. The molecule has 0 bridgehead atoms. The maximum Gasteiger partial charge on any atom is 0.264 e. The van der Waals surface area contributed by atoms with E-state index in [9.17, 15) is 18.0 Å². The average molecular weight is 607 g/mol. The zero-order chi connectivity index (χ0) is 29.3. The number of hydrogen-bond acceptors (Lipinski definition) is 5. The third-order valence-corrected chi connectivity index (χ3v) is 8.72. The van der Waals surface area contributed by atoms with Crippen molar-refractivity contribution in [2.75, 3.05) is 24.5 Å². The van der Waals surface area contributed by atoms with Crippen LogP contribution < -0.4 is 14.4 Å². The molecule has 0 saturated carbocycles. The van der Waals surface area contributed by atoms with E-state index < -0.39 is 28.5 Å². The van der Waals surface area contributed by atoms with Crippen LogP contribution in [0.15, 0.2) is 77.7 Å². The highest BCUT2D eigenvalue weighted by atomic mass is 35.5. The molecule has 0 radical (unpaired) electrons. The summed E-state index contributed by atoms with van der Waals surface area (Å²) in [7, 11) is -2.76. The van der Waals surface area contributed by atoms with Gasteiger partial charge in [0.1, 0.15) is 18.3 Å². The summed E-state index contributed by atoms with van der Waals surface area (Å²) in [6, 6.07) is 18.4. The smallest absolute Gasteiger partial charge is 0.264 e. The minimum absolute atomic E-state index is 0.000115. The molecule has 1 atom stereocenters. The summed E-state index contributed by atoms with van der Waals surface area (Å²) in [5.74, 6) is -0.549. The van der Waals surface area contributed by atoms with Gasteiger partial charge >= 0.3 is 0 Å². The molecule has 0 unspecified atom stereocenters. The van der Waals surface area contributed by atoms with Gasteiger partial charge in [-0.25, -0.2) is 8.42 Å². The lowest BCUT2D eigenvalue weighted by Gasteiger charge is -2.33. The van der Waals surface area contributed by atoms with Crippen molar-refractivity contribution in [3.05, 3.63) is 88.4 Å². The molecule has 0 aromatic heterocycles. The molecule has 214 valence electrons. The Morgan fingerprint density at radius 1 is 0.950 bits per heavy atom. The van der Waals surface area contributed by atoms with E-state index in [1.807, 2.05) is 6.92 Å². The summed E-state index contributed by atoms with van der Waals surface area (Å²) in [4.78, 5) is 28.6. The van der Waals surface area contributed by atoms with Crippen molar-refractivity contribution in [2.24, 2.45) is 0 Å². The van der Waals surface area contributed by atoms with Crippen molar-refractivity contribution in [3.8, 4) is 5.75 Å². The van der Waals surface area contributed by atoms with Gasteiger partial charge in [-0.05, 0) is 54.8 Å². The molecular weight excluding hydrogens is 573 g/mol. The minimum Gasteiger partial charge on any atom is -0.495 e. The lowest BCUT2D eigenvalue weighted by Crippen LogP contribution is -2.52. The van der Waals surface area contributed by atoms with Crippen LogP contribution in [0.4, 0.5) is 5.69 Å². The molecule has 0 aliphatic heterocycles. The van der Waals surface area contributed by atoms with Crippen molar-refractivity contribution < 1.29 is 22.7 Å². The van der Waals surface area contributed by atoms with Gasteiger partial charge in [0.05, 0.1) is 22.7 Å². The predicted octanol–water partition coefficient (Wildman–Crippen LogP) is 5.53. The van der Waals surface area contributed by atoms with Gasteiger partial charge in [-0.1, -0.05) is 73.4 Å². The Bertz CT molecular complexity index is 1420. The van der Waals surface area contributed by atoms with Crippen molar-refractivity contribution in [1.29, 1.82) is 0 Å². The second-order valence-electron chi connectivity index (χ2n) is 8.97. The lowest BCUT2D eigenvalue weighted by molar-refractivity contribution is -0.140. The number of benzene rings is 3. The summed E-state index contributed by atoms with van der Waals surface area (Å²) in [6.45, 7) is 3.61. The quantitative estimate of drug-likeness (QED) is 0.276. The molecule has 8 nitrogen and oxygen atoms in total. The van der Waals surface area contributed by atoms with Crippen LogP contribution >= 0.6 is 23.2 Å². The Labute approximate surface area is 245 Å². The Morgan fingerprint density at radius 2 is 1.62 bits per heavy atom. The maximum absolute atomic E-state index is 14.0. The van der Waals surface area contributed by atoms with E-state index in [1.165, 1.54) is 42.3 Å². The van der Waals surface area contributed by atoms with Crippen LogP contribution in [-0.2, 0) is 26.2 Å². The summed E-state index contributed by atoms with van der Waals surface area (Å²) in [6.07, 6.45) is 1.04. The zero-order valence-corrected chi connectivity index (χ0v) is 25.0. The van der Waals surface area contributed by atoms with Gasteiger partial charge in [0.2, 0.25) is 11.8 Å². The first kappa shape index (κ1) is 31.3. The summed E-state index contributed by atoms with van der Waals surface area (Å²) in [5.41, 5.74) is 0.799. The molecular formula is C29H33Cl2N3O5S. The van der Waals surface area contributed by atoms with Crippen LogP contribution in [0.25, 0.3) is 0 Å². The number of nitrogens with zero attached hydrogens (tertiary/aromatic N) is 2. The molecule has 40 heavy (non-hydrogen) atoms. The van der Waals surface area contributed by atoms with Gasteiger partial charge in [-0.2, -0.15) is 0 Å². The number of amides is 2. The van der Waals surface area contributed by atoms with Gasteiger partial charge in [0.25, 0.3) is 10.0 Å². The molecule has 11 heteroatoms. The number of rotatable bonds is 13.